The van der Waals surface area contributed by atoms with E-state index in [4.69, 9.17) is 11.6 Å². The van der Waals surface area contributed by atoms with Crippen LogP contribution in [0.5, 0.6) is 0 Å². The van der Waals surface area contributed by atoms with E-state index in [9.17, 15) is 4.79 Å². The van der Waals surface area contributed by atoms with Crippen LogP contribution in [0.2, 0.25) is 5.02 Å². The molecule has 1 aromatic carbocycles. The van der Waals surface area contributed by atoms with Crippen molar-refractivity contribution in [2.24, 2.45) is 0 Å². The molecule has 1 heterocycles. The zero-order chi connectivity index (χ0) is 13.0. The molecule has 0 unspecified atom stereocenters. The summed E-state index contributed by atoms with van der Waals surface area (Å²) in [5.41, 5.74) is 1.83. The van der Waals surface area contributed by atoms with Gasteiger partial charge in [0.25, 0.3) is 5.91 Å². The van der Waals surface area contributed by atoms with Crippen LogP contribution >= 0.6 is 11.6 Å². The number of benzene rings is 1. The van der Waals surface area contributed by atoms with E-state index in [0.717, 1.165) is 5.69 Å². The minimum atomic E-state index is -0.269. The normalized spacial score (nSPS) is 9.89. The molecular formula is C13H12ClN3O. The molecule has 0 atom stereocenters. The predicted molar refractivity (Wildman–Crippen MR) is 73.2 cm³/mol. The summed E-state index contributed by atoms with van der Waals surface area (Å²) >= 11 is 5.85. The van der Waals surface area contributed by atoms with Crippen molar-refractivity contribution in [3.63, 3.8) is 0 Å². The second-order valence-electron chi connectivity index (χ2n) is 3.64. The fourth-order valence-electron chi connectivity index (χ4n) is 1.47. The molecule has 2 aromatic rings. The molecule has 0 aliphatic heterocycles. The second kappa shape index (κ2) is 5.51. The lowest BCUT2D eigenvalue weighted by atomic mass is 10.2. The van der Waals surface area contributed by atoms with Crippen LogP contribution in [0.15, 0.2) is 42.6 Å². The van der Waals surface area contributed by atoms with Crippen LogP contribution in [0.3, 0.4) is 0 Å². The Bertz CT molecular complexity index is 572. The van der Waals surface area contributed by atoms with Gasteiger partial charge in [-0.1, -0.05) is 17.7 Å². The van der Waals surface area contributed by atoms with E-state index in [1.807, 2.05) is 0 Å². The SMILES string of the molecule is CNc1ccnc(C(=O)Nc2cccc(Cl)c2)c1. The molecule has 1 aromatic heterocycles. The average molecular weight is 262 g/mol. The summed E-state index contributed by atoms with van der Waals surface area (Å²) in [5, 5.41) is 6.26. The summed E-state index contributed by atoms with van der Waals surface area (Å²) < 4.78 is 0. The van der Waals surface area contributed by atoms with Gasteiger partial charge >= 0.3 is 0 Å². The van der Waals surface area contributed by atoms with Gasteiger partial charge in [-0.05, 0) is 30.3 Å². The molecule has 4 nitrogen and oxygen atoms in total. The van der Waals surface area contributed by atoms with Gasteiger partial charge in [-0.2, -0.15) is 0 Å². The molecule has 0 aliphatic carbocycles. The number of halogens is 1. The topological polar surface area (TPSA) is 54.0 Å². The number of amides is 1. The Morgan fingerprint density at radius 2 is 2.06 bits per heavy atom. The largest absolute Gasteiger partial charge is 0.388 e. The van der Waals surface area contributed by atoms with Crippen molar-refractivity contribution in [3.05, 3.63) is 53.3 Å². The Kier molecular flexibility index (Phi) is 3.79. The number of aromatic nitrogens is 1. The number of nitrogens with zero attached hydrogens (tertiary/aromatic N) is 1. The van der Waals surface area contributed by atoms with E-state index in [1.54, 1.807) is 49.6 Å². The van der Waals surface area contributed by atoms with Crippen molar-refractivity contribution >= 4 is 28.9 Å². The fourth-order valence-corrected chi connectivity index (χ4v) is 1.66. The molecule has 0 fully saturated rings. The highest BCUT2D eigenvalue weighted by atomic mass is 35.5. The highest BCUT2D eigenvalue weighted by Crippen LogP contribution is 2.16. The van der Waals surface area contributed by atoms with Crippen molar-refractivity contribution < 1.29 is 4.79 Å². The molecule has 2 N–H and O–H groups in total. The van der Waals surface area contributed by atoms with Crippen LogP contribution in [0.25, 0.3) is 0 Å². The average Bonchev–Trinajstić information content (AvgIpc) is 2.39. The van der Waals surface area contributed by atoms with E-state index >= 15 is 0 Å². The van der Waals surface area contributed by atoms with Crippen molar-refractivity contribution in [1.29, 1.82) is 0 Å². The van der Waals surface area contributed by atoms with Gasteiger partial charge in [0, 0.05) is 29.6 Å². The van der Waals surface area contributed by atoms with Gasteiger partial charge in [0.15, 0.2) is 0 Å². The maximum Gasteiger partial charge on any atom is 0.274 e. The van der Waals surface area contributed by atoms with Gasteiger partial charge < -0.3 is 10.6 Å². The maximum absolute atomic E-state index is 11.9. The lowest BCUT2D eigenvalue weighted by Gasteiger charge is -2.06. The standard InChI is InChI=1S/C13H12ClN3O/c1-15-10-5-6-16-12(8-10)13(18)17-11-4-2-3-9(14)7-11/h2-8H,1H3,(H,15,16)(H,17,18). The number of anilines is 2. The van der Waals surface area contributed by atoms with E-state index in [-0.39, 0.29) is 5.91 Å². The van der Waals surface area contributed by atoms with Crippen LogP contribution in [0, 0.1) is 0 Å². The molecule has 0 saturated heterocycles. The third-order valence-electron chi connectivity index (χ3n) is 2.36. The minimum Gasteiger partial charge on any atom is -0.388 e. The molecule has 5 heteroatoms. The molecule has 92 valence electrons. The predicted octanol–water partition coefficient (Wildman–Crippen LogP) is 3.03. The van der Waals surface area contributed by atoms with Gasteiger partial charge in [-0.25, -0.2) is 0 Å². The Balaban J connectivity index is 2.16. The molecule has 0 radical (unpaired) electrons. The van der Waals surface area contributed by atoms with Crippen LogP contribution in [0.4, 0.5) is 11.4 Å². The summed E-state index contributed by atoms with van der Waals surface area (Å²) in [6.07, 6.45) is 1.58. The molecule has 0 saturated carbocycles. The molecule has 0 bridgehead atoms. The third kappa shape index (κ3) is 2.99. The quantitative estimate of drug-likeness (QED) is 0.893. The molecule has 0 spiro atoms. The van der Waals surface area contributed by atoms with Crippen molar-refractivity contribution in [1.82, 2.24) is 4.98 Å². The number of carbonyl (C=O) groups is 1. The van der Waals surface area contributed by atoms with Crippen LogP contribution in [-0.2, 0) is 0 Å². The number of carbonyl (C=O) groups excluding carboxylic acids is 1. The number of rotatable bonds is 3. The lowest BCUT2D eigenvalue weighted by molar-refractivity contribution is 0.102. The molecule has 1 amide bonds. The van der Waals surface area contributed by atoms with Gasteiger partial charge in [0.1, 0.15) is 5.69 Å². The van der Waals surface area contributed by atoms with E-state index in [0.29, 0.717) is 16.4 Å². The zero-order valence-electron chi connectivity index (χ0n) is 9.77. The minimum absolute atomic E-state index is 0.269. The van der Waals surface area contributed by atoms with E-state index in [2.05, 4.69) is 15.6 Å². The Morgan fingerprint density at radius 3 is 2.78 bits per heavy atom. The van der Waals surface area contributed by atoms with Crippen molar-refractivity contribution in [2.45, 2.75) is 0 Å². The maximum atomic E-state index is 11.9. The molecular weight excluding hydrogens is 250 g/mol. The Labute approximate surface area is 110 Å². The second-order valence-corrected chi connectivity index (χ2v) is 4.08. The van der Waals surface area contributed by atoms with Gasteiger partial charge in [-0.3, -0.25) is 9.78 Å². The smallest absolute Gasteiger partial charge is 0.274 e. The van der Waals surface area contributed by atoms with Gasteiger partial charge in [-0.15, -0.1) is 0 Å². The first-order valence-electron chi connectivity index (χ1n) is 5.40. The monoisotopic (exact) mass is 261 g/mol. The molecule has 18 heavy (non-hydrogen) atoms. The highest BCUT2D eigenvalue weighted by molar-refractivity contribution is 6.30. The molecule has 0 aliphatic rings. The summed E-state index contributed by atoms with van der Waals surface area (Å²) in [6, 6.07) is 10.4. The summed E-state index contributed by atoms with van der Waals surface area (Å²) in [4.78, 5) is 16.0. The summed E-state index contributed by atoms with van der Waals surface area (Å²) in [7, 11) is 1.79. The third-order valence-corrected chi connectivity index (χ3v) is 2.60. The first-order chi connectivity index (χ1) is 8.69. The number of nitrogens with one attached hydrogen (secondary N) is 2. The lowest BCUT2D eigenvalue weighted by Crippen LogP contribution is -2.13. The Hall–Kier alpha value is -2.07. The Morgan fingerprint density at radius 1 is 1.22 bits per heavy atom. The summed E-state index contributed by atoms with van der Waals surface area (Å²) in [6.45, 7) is 0. The van der Waals surface area contributed by atoms with E-state index in [1.165, 1.54) is 0 Å². The van der Waals surface area contributed by atoms with Crippen LogP contribution < -0.4 is 10.6 Å². The first-order valence-corrected chi connectivity index (χ1v) is 5.77. The number of hydrogen-bond donors (Lipinski definition) is 2. The number of pyridine rings is 1. The number of hydrogen-bond acceptors (Lipinski definition) is 3. The van der Waals surface area contributed by atoms with Crippen molar-refractivity contribution in [2.75, 3.05) is 17.7 Å². The van der Waals surface area contributed by atoms with Crippen LogP contribution in [0.1, 0.15) is 10.5 Å². The van der Waals surface area contributed by atoms with E-state index < -0.39 is 0 Å². The summed E-state index contributed by atoms with van der Waals surface area (Å²) in [5.74, 6) is -0.269. The van der Waals surface area contributed by atoms with Crippen molar-refractivity contribution in [3.8, 4) is 0 Å². The molecule has 2 rings (SSSR count). The first kappa shape index (κ1) is 12.4. The van der Waals surface area contributed by atoms with Crippen LogP contribution in [-0.4, -0.2) is 17.9 Å². The zero-order valence-corrected chi connectivity index (χ0v) is 10.5. The van der Waals surface area contributed by atoms with Gasteiger partial charge in [0.2, 0.25) is 0 Å². The highest BCUT2D eigenvalue weighted by Gasteiger charge is 2.08. The fraction of sp³-hybridized carbons (Fsp3) is 0.0769. The van der Waals surface area contributed by atoms with Gasteiger partial charge in [0.05, 0.1) is 0 Å².